The van der Waals surface area contributed by atoms with Crippen LogP contribution in [0.1, 0.15) is 123 Å². The van der Waals surface area contributed by atoms with Crippen LogP contribution in [-0.4, -0.2) is 55.7 Å². The van der Waals surface area contributed by atoms with Gasteiger partial charge in [0, 0.05) is 60.0 Å². The Morgan fingerprint density at radius 3 is 2.11 bits per heavy atom. The number of pyridine rings is 2. The highest BCUT2D eigenvalue weighted by atomic mass is 35.5. The number of hydrogen-bond donors (Lipinski definition) is 1. The Morgan fingerprint density at radius 2 is 1.41 bits per heavy atom. The number of hydrogen-bond acceptors (Lipinski definition) is 7. The molecular weight excluding hydrogens is 726 g/mol. The molecular formula is C45H50ClN5O5. The number of carbonyl (C=O) groups is 4. The van der Waals surface area contributed by atoms with Crippen molar-refractivity contribution in [3.8, 4) is 17.0 Å². The molecule has 56 heavy (non-hydrogen) atoms. The molecule has 0 radical (unpaired) electrons. The van der Waals surface area contributed by atoms with Crippen molar-refractivity contribution in [3.05, 3.63) is 88.8 Å². The third-order valence-electron chi connectivity index (χ3n) is 11.3. The van der Waals surface area contributed by atoms with Gasteiger partial charge in [0.25, 0.3) is 11.8 Å². The zero-order valence-corrected chi connectivity index (χ0v) is 32.9. The van der Waals surface area contributed by atoms with Gasteiger partial charge in [-0.3, -0.25) is 34.4 Å². The first-order valence-electron chi connectivity index (χ1n) is 20.3. The highest BCUT2D eigenvalue weighted by Gasteiger charge is 2.44. The lowest BCUT2D eigenvalue weighted by Gasteiger charge is -2.27. The molecule has 11 heteroatoms. The number of nitrogens with zero attached hydrogens (tertiary/aromatic N) is 4. The van der Waals surface area contributed by atoms with Crippen LogP contribution in [-0.2, 0) is 23.1 Å². The van der Waals surface area contributed by atoms with E-state index in [2.05, 4.69) is 44.1 Å². The van der Waals surface area contributed by atoms with Crippen LogP contribution in [0.4, 0.5) is 0 Å². The van der Waals surface area contributed by atoms with Gasteiger partial charge < -0.3 is 9.30 Å². The van der Waals surface area contributed by atoms with Crippen molar-refractivity contribution in [1.82, 2.24) is 24.8 Å². The van der Waals surface area contributed by atoms with Crippen LogP contribution in [0.5, 0.6) is 5.88 Å². The molecule has 0 aliphatic carbocycles. The van der Waals surface area contributed by atoms with E-state index in [-0.39, 0.29) is 18.7 Å². The molecule has 2 aromatic carbocycles. The van der Waals surface area contributed by atoms with Crippen LogP contribution in [0.15, 0.2) is 67.1 Å². The van der Waals surface area contributed by atoms with Crippen LogP contribution in [0.2, 0.25) is 5.02 Å². The molecule has 5 aromatic rings. The Bertz CT molecular complexity index is 2230. The number of amides is 4. The zero-order chi connectivity index (χ0) is 39.0. The lowest BCUT2D eigenvalue weighted by Crippen LogP contribution is -2.54. The quantitative estimate of drug-likeness (QED) is 0.0655. The maximum atomic E-state index is 13.1. The Balaban J connectivity index is 0.698. The van der Waals surface area contributed by atoms with E-state index in [0.29, 0.717) is 28.6 Å². The Labute approximate surface area is 333 Å². The number of piperidine rings is 1. The number of aromatic nitrogens is 3. The summed E-state index contributed by atoms with van der Waals surface area (Å²) in [5.74, 6) is -1.19. The average Bonchev–Trinajstić information content (AvgIpc) is 3.63. The van der Waals surface area contributed by atoms with E-state index in [0.717, 1.165) is 69.1 Å². The molecule has 2 aliphatic rings. The molecule has 5 heterocycles. The minimum absolute atomic E-state index is 0.118. The smallest absolute Gasteiger partial charge is 0.262 e. The minimum atomic E-state index is -0.930. The van der Waals surface area contributed by atoms with Crippen LogP contribution < -0.4 is 10.1 Å². The van der Waals surface area contributed by atoms with E-state index in [1.807, 2.05) is 31.6 Å². The minimum Gasteiger partial charge on any atom is -0.478 e. The normalized spacial score (nSPS) is 15.6. The van der Waals surface area contributed by atoms with Gasteiger partial charge in [-0.25, -0.2) is 4.98 Å². The number of aryl methyl sites for hydroxylation is 2. The van der Waals surface area contributed by atoms with Gasteiger partial charge >= 0.3 is 0 Å². The second-order valence-electron chi connectivity index (χ2n) is 15.2. The van der Waals surface area contributed by atoms with E-state index in [9.17, 15) is 19.2 Å². The topological polar surface area (TPSA) is 123 Å². The first kappa shape index (κ1) is 39.2. The lowest BCUT2D eigenvalue weighted by molar-refractivity contribution is -0.136. The number of halogens is 1. The Morgan fingerprint density at radius 1 is 0.732 bits per heavy atom. The van der Waals surface area contributed by atoms with Gasteiger partial charge in [-0.05, 0) is 61.1 Å². The molecule has 1 atom stereocenters. The second-order valence-corrected chi connectivity index (χ2v) is 15.6. The number of benzene rings is 2. The zero-order valence-electron chi connectivity index (χ0n) is 32.2. The molecule has 10 nitrogen and oxygen atoms in total. The lowest BCUT2D eigenvalue weighted by atomic mass is 10.0. The fraction of sp³-hybridized carbons (Fsp3) is 0.422. The highest BCUT2D eigenvalue weighted by molar-refractivity contribution is 6.36. The number of carbonyl (C=O) groups excluding carboxylic acids is 4. The van der Waals surface area contributed by atoms with Crippen LogP contribution >= 0.6 is 11.6 Å². The predicted octanol–water partition coefficient (Wildman–Crippen LogP) is 9.54. The van der Waals surface area contributed by atoms with Crippen molar-refractivity contribution in [2.75, 3.05) is 6.61 Å². The Hall–Kier alpha value is -5.09. The van der Waals surface area contributed by atoms with Crippen molar-refractivity contribution in [1.29, 1.82) is 0 Å². The van der Waals surface area contributed by atoms with Crippen molar-refractivity contribution in [2.45, 2.75) is 109 Å². The van der Waals surface area contributed by atoms with E-state index in [4.69, 9.17) is 16.3 Å². The molecule has 0 bridgehead atoms. The van der Waals surface area contributed by atoms with E-state index >= 15 is 0 Å². The molecule has 1 unspecified atom stereocenters. The van der Waals surface area contributed by atoms with Gasteiger partial charge in [0.1, 0.15) is 6.04 Å². The molecule has 0 saturated carbocycles. The summed E-state index contributed by atoms with van der Waals surface area (Å²) >= 11 is 6.44. The summed E-state index contributed by atoms with van der Waals surface area (Å²) in [5, 5.41) is 5.07. The van der Waals surface area contributed by atoms with Crippen molar-refractivity contribution < 1.29 is 23.9 Å². The van der Waals surface area contributed by atoms with Crippen LogP contribution in [0, 0.1) is 0 Å². The van der Waals surface area contributed by atoms with E-state index in [1.165, 1.54) is 64.2 Å². The molecule has 0 spiro atoms. The number of ether oxygens (including phenoxy) is 1. The van der Waals surface area contributed by atoms with Gasteiger partial charge in [-0.15, -0.1) is 0 Å². The summed E-state index contributed by atoms with van der Waals surface area (Å²) in [6.45, 7) is 0.683. The summed E-state index contributed by atoms with van der Waals surface area (Å²) in [5.41, 5.74) is 5.96. The van der Waals surface area contributed by atoms with E-state index in [1.54, 1.807) is 18.3 Å². The second kappa shape index (κ2) is 18.2. The van der Waals surface area contributed by atoms with Gasteiger partial charge in [-0.2, -0.15) is 0 Å². The van der Waals surface area contributed by atoms with Gasteiger partial charge in [0.05, 0.1) is 28.3 Å². The van der Waals surface area contributed by atoms with Crippen LogP contribution in [0.3, 0.4) is 0 Å². The van der Waals surface area contributed by atoms with E-state index < -0.39 is 23.8 Å². The monoisotopic (exact) mass is 775 g/mol. The third-order valence-corrected chi connectivity index (χ3v) is 11.6. The molecule has 292 valence electrons. The number of imide groups is 2. The highest BCUT2D eigenvalue weighted by Crippen LogP contribution is 2.34. The molecule has 4 amide bonds. The first-order chi connectivity index (χ1) is 27.3. The van der Waals surface area contributed by atoms with Crippen molar-refractivity contribution in [2.24, 2.45) is 7.05 Å². The molecule has 1 saturated heterocycles. The SMILES string of the molecule is Cn1c2cc(-c3ccc(OCCCCCCCCCCCCCCCc4ccc5c(c4)C(=O)N(C4CCC(=O)NC4=O)C5=O)nc3)ccc2c2cncc(Cl)c21. The molecule has 1 N–H and O–H groups in total. The largest absolute Gasteiger partial charge is 0.478 e. The number of unbranched alkanes of at least 4 members (excludes halogenated alkanes) is 12. The summed E-state index contributed by atoms with van der Waals surface area (Å²) in [4.78, 5) is 59.6. The molecule has 7 rings (SSSR count). The average molecular weight is 776 g/mol. The molecule has 3 aromatic heterocycles. The Kier molecular flexibility index (Phi) is 12.8. The molecule has 1 fully saturated rings. The maximum Gasteiger partial charge on any atom is 0.262 e. The fourth-order valence-electron chi connectivity index (χ4n) is 8.17. The molecule has 2 aliphatic heterocycles. The van der Waals surface area contributed by atoms with Gasteiger partial charge in [0.2, 0.25) is 17.7 Å². The van der Waals surface area contributed by atoms with Crippen molar-refractivity contribution in [3.63, 3.8) is 0 Å². The third kappa shape index (κ3) is 8.81. The first-order valence-corrected chi connectivity index (χ1v) is 20.6. The summed E-state index contributed by atoms with van der Waals surface area (Å²) in [6, 6.07) is 14.9. The predicted molar refractivity (Wildman–Crippen MR) is 219 cm³/mol. The summed E-state index contributed by atoms with van der Waals surface area (Å²) in [6.07, 6.45) is 22.3. The summed E-state index contributed by atoms with van der Waals surface area (Å²) in [7, 11) is 2.03. The van der Waals surface area contributed by atoms with Gasteiger partial charge in [-0.1, -0.05) is 100 Å². The maximum absolute atomic E-state index is 13.1. The number of rotatable bonds is 19. The van der Waals surface area contributed by atoms with Gasteiger partial charge in [0.15, 0.2) is 0 Å². The van der Waals surface area contributed by atoms with Crippen molar-refractivity contribution >= 4 is 57.0 Å². The number of nitrogens with one attached hydrogen (secondary N) is 1. The number of fused-ring (bicyclic) bond motifs is 4. The van der Waals surface area contributed by atoms with Crippen LogP contribution in [0.25, 0.3) is 32.9 Å². The fourth-order valence-corrected chi connectivity index (χ4v) is 8.45. The standard InChI is InChI=1S/C45H50ClN5O5/c1-50-39-26-31(17-20-33(39)36-28-47-29-37(46)42(36)50)32-18-23-41(48-27-32)56-24-14-12-10-8-6-4-2-3-5-7-9-11-13-15-30-16-19-34-35(25-30)45(55)51(44(34)54)38-21-22-40(52)49-43(38)53/h16-20,23,25-29,38H,2-15,21-22,24H2,1H3,(H,49,52,53). The summed E-state index contributed by atoms with van der Waals surface area (Å²) < 4.78 is 8.06.